The molecule has 2 atom stereocenters. The first kappa shape index (κ1) is 27.4. The van der Waals surface area contributed by atoms with Crippen LogP contribution in [0.3, 0.4) is 0 Å². The van der Waals surface area contributed by atoms with Crippen LogP contribution in [0.1, 0.15) is 38.8 Å². The molecule has 0 N–H and O–H groups in total. The molecule has 0 spiro atoms. The second kappa shape index (κ2) is 10.0. The van der Waals surface area contributed by atoms with E-state index in [4.69, 9.17) is 15.8 Å². The molecule has 2 unspecified atom stereocenters. The number of rotatable bonds is 3. The van der Waals surface area contributed by atoms with Crippen molar-refractivity contribution < 1.29 is 19.8 Å². The minimum absolute atomic E-state index is 0. The van der Waals surface area contributed by atoms with Crippen molar-refractivity contribution in [3.8, 4) is 11.1 Å². The summed E-state index contributed by atoms with van der Waals surface area (Å²) in [5.74, 6) is 0.410. The molecule has 5 rings (SSSR count). The molecule has 2 aliphatic rings. The second-order valence-corrected chi connectivity index (χ2v) is 19.4. The van der Waals surface area contributed by atoms with Crippen LogP contribution < -0.4 is 6.54 Å². The third-order valence-corrected chi connectivity index (χ3v) is 18.0. The van der Waals surface area contributed by atoms with Crippen LogP contribution in [0, 0.1) is 11.3 Å². The van der Waals surface area contributed by atoms with Crippen molar-refractivity contribution in [2.45, 2.75) is 34.1 Å². The predicted octanol–water partition coefficient (Wildman–Crippen LogP) is 7.80. The SMILES string of the molecule is Cl.Cl.[CH2]=[Zr]([C]1=CC(C(C)(C)C)=CC1C)([c]1ccc(Cl)cc1)[c]1cccc2c1Cc1ccccc1-2. The maximum atomic E-state index is 6.31. The van der Waals surface area contributed by atoms with Gasteiger partial charge in [-0.1, -0.05) is 0 Å². The first-order valence-corrected chi connectivity index (χ1v) is 17.3. The van der Waals surface area contributed by atoms with E-state index >= 15 is 0 Å². The molecule has 0 saturated heterocycles. The van der Waals surface area contributed by atoms with Crippen molar-refractivity contribution >= 4 is 47.2 Å². The molecule has 0 amide bonds. The summed E-state index contributed by atoms with van der Waals surface area (Å²) in [6.45, 7) is 9.29. The molecule has 0 saturated carbocycles. The molecule has 0 fully saturated rings. The molecular formula is C30H32Cl3Zr. The van der Waals surface area contributed by atoms with Gasteiger partial charge in [0, 0.05) is 0 Å². The van der Waals surface area contributed by atoms with Crippen molar-refractivity contribution in [1.82, 2.24) is 0 Å². The van der Waals surface area contributed by atoms with E-state index in [9.17, 15) is 0 Å². The first-order chi connectivity index (χ1) is 15.2. The third-order valence-electron chi connectivity index (χ3n) is 7.24. The molecule has 2 aliphatic carbocycles. The van der Waals surface area contributed by atoms with Gasteiger partial charge in [0.2, 0.25) is 0 Å². The molecule has 0 aromatic heterocycles. The van der Waals surface area contributed by atoms with Gasteiger partial charge in [0.05, 0.1) is 0 Å². The van der Waals surface area contributed by atoms with E-state index in [1.165, 1.54) is 34.4 Å². The van der Waals surface area contributed by atoms with Crippen molar-refractivity contribution in [3.63, 3.8) is 0 Å². The van der Waals surface area contributed by atoms with Crippen LogP contribution >= 0.6 is 36.4 Å². The Hall–Kier alpha value is -1.24. The van der Waals surface area contributed by atoms with Crippen molar-refractivity contribution in [2.75, 3.05) is 0 Å². The Kier molecular flexibility index (Phi) is 8.06. The summed E-state index contributed by atoms with van der Waals surface area (Å²) in [6.07, 6.45) is 5.98. The molecule has 3 aromatic carbocycles. The Labute approximate surface area is 225 Å². The van der Waals surface area contributed by atoms with Crippen LogP contribution in [-0.4, -0.2) is 4.21 Å². The molecule has 0 bridgehead atoms. The van der Waals surface area contributed by atoms with E-state index in [1.807, 2.05) is 12.1 Å². The second-order valence-electron chi connectivity index (χ2n) is 10.3. The molecule has 0 heterocycles. The normalized spacial score (nSPS) is 18.0. The Bertz CT molecular complexity index is 1320. The number of allylic oxidation sites excluding steroid dienone is 4. The molecule has 0 radical (unpaired) electrons. The van der Waals surface area contributed by atoms with E-state index in [2.05, 4.69) is 94.4 Å². The zero-order valence-electron chi connectivity index (χ0n) is 20.2. The molecule has 177 valence electrons. The molecule has 0 nitrogen and oxygen atoms in total. The summed E-state index contributed by atoms with van der Waals surface area (Å²) in [5, 5.41) is 0.787. The minimum atomic E-state index is -3.49. The Morgan fingerprint density at radius 1 is 0.882 bits per heavy atom. The topological polar surface area (TPSA) is 0 Å². The van der Waals surface area contributed by atoms with E-state index in [1.54, 1.807) is 3.28 Å². The molecule has 0 aliphatic heterocycles. The van der Waals surface area contributed by atoms with Crippen molar-refractivity contribution in [3.05, 3.63) is 104 Å². The number of halogens is 3. The summed E-state index contributed by atoms with van der Waals surface area (Å²) in [4.78, 5) is 0. The van der Waals surface area contributed by atoms with Crippen molar-refractivity contribution in [2.24, 2.45) is 11.3 Å². The van der Waals surface area contributed by atoms with Crippen LogP contribution in [0.2, 0.25) is 5.02 Å². The van der Waals surface area contributed by atoms with Gasteiger partial charge in [0.25, 0.3) is 0 Å². The van der Waals surface area contributed by atoms with E-state index in [0.717, 1.165) is 11.4 Å². The quantitative estimate of drug-likeness (QED) is 0.229. The average molecular weight is 590 g/mol. The van der Waals surface area contributed by atoms with Gasteiger partial charge >= 0.3 is 203 Å². The Balaban J connectivity index is 0.00000162. The maximum absolute atomic E-state index is 6.31. The molecular weight excluding hydrogens is 558 g/mol. The standard InChI is InChI=1S/C13H9.C10H15.C6H4Cl.CH2.2ClH.Zr/c1-3-7-12-10(5-1)9-11-6-2-4-8-13(11)12;1-8-5-6-9(7-8)10(2,3)4;7-6-4-2-1-3-5-6;;;;/h1-5,7-8H,9H2;6-8H,1-4H3;2-5H;1H2;2*1H;. The van der Waals surface area contributed by atoms with Gasteiger partial charge in [-0.25, -0.2) is 0 Å². The van der Waals surface area contributed by atoms with Gasteiger partial charge in [-0.2, -0.15) is 0 Å². The van der Waals surface area contributed by atoms with Crippen molar-refractivity contribution in [1.29, 1.82) is 0 Å². The number of fused-ring (bicyclic) bond motifs is 3. The predicted molar refractivity (Wildman–Crippen MR) is 152 cm³/mol. The number of hydrogen-bond donors (Lipinski definition) is 0. The third kappa shape index (κ3) is 4.51. The summed E-state index contributed by atoms with van der Waals surface area (Å²) in [5.41, 5.74) is 7.28. The summed E-state index contributed by atoms with van der Waals surface area (Å²) in [7, 11) is 0. The number of benzene rings is 3. The van der Waals surface area contributed by atoms with Gasteiger partial charge in [0.15, 0.2) is 0 Å². The average Bonchev–Trinajstić information content (AvgIpc) is 3.34. The van der Waals surface area contributed by atoms with E-state index < -0.39 is 19.8 Å². The van der Waals surface area contributed by atoms with Gasteiger partial charge in [-0.15, -0.1) is 24.8 Å². The van der Waals surface area contributed by atoms with Crippen LogP contribution in [-0.2, 0) is 26.2 Å². The van der Waals surface area contributed by atoms with Gasteiger partial charge in [-0.3, -0.25) is 0 Å². The fraction of sp³-hybridized carbons (Fsp3) is 0.233. The zero-order valence-corrected chi connectivity index (χ0v) is 25.0. The Morgan fingerprint density at radius 3 is 2.18 bits per heavy atom. The van der Waals surface area contributed by atoms with Crippen LogP contribution in [0.15, 0.2) is 87.7 Å². The van der Waals surface area contributed by atoms with Crippen LogP contribution in [0.5, 0.6) is 0 Å². The summed E-state index contributed by atoms with van der Waals surface area (Å²) >= 11 is 2.82. The zero-order chi connectivity index (χ0) is 22.7. The van der Waals surface area contributed by atoms with Gasteiger partial charge < -0.3 is 0 Å². The molecule has 3 aromatic rings. The molecule has 4 heteroatoms. The molecule has 34 heavy (non-hydrogen) atoms. The fourth-order valence-corrected chi connectivity index (χ4v) is 15.6. The Morgan fingerprint density at radius 2 is 1.53 bits per heavy atom. The van der Waals surface area contributed by atoms with Gasteiger partial charge in [0.1, 0.15) is 0 Å². The summed E-state index contributed by atoms with van der Waals surface area (Å²) in [6, 6.07) is 24.4. The van der Waals surface area contributed by atoms with E-state index in [0.29, 0.717) is 5.92 Å². The summed E-state index contributed by atoms with van der Waals surface area (Å²) < 4.78 is 9.67. The van der Waals surface area contributed by atoms with E-state index in [-0.39, 0.29) is 30.2 Å². The van der Waals surface area contributed by atoms with Crippen LogP contribution in [0.25, 0.3) is 11.1 Å². The number of hydrogen-bond acceptors (Lipinski definition) is 0. The fourth-order valence-electron chi connectivity index (χ4n) is 5.45. The first-order valence-electron chi connectivity index (χ1n) is 11.5. The van der Waals surface area contributed by atoms with Gasteiger partial charge in [-0.05, 0) is 0 Å². The monoisotopic (exact) mass is 587 g/mol. The van der Waals surface area contributed by atoms with Crippen LogP contribution in [0.4, 0.5) is 0 Å².